The fourth-order valence-electron chi connectivity index (χ4n) is 8.41. The number of carbonyl (C=O) groups is 1. The maximum absolute atomic E-state index is 13.8. The number of aliphatic hydroxyl groups is 3. The van der Waals surface area contributed by atoms with Gasteiger partial charge in [0, 0.05) is 6.42 Å². The lowest BCUT2D eigenvalue weighted by Gasteiger charge is -2.41. The summed E-state index contributed by atoms with van der Waals surface area (Å²) in [6, 6.07) is 0. The molecule has 0 fully saturated rings. The predicted molar refractivity (Wildman–Crippen MR) is 246 cm³/mol. The summed E-state index contributed by atoms with van der Waals surface area (Å²) in [5, 5.41) is 24.0. The molecule has 0 saturated carbocycles. The molecule has 1 unspecified atom stereocenters. The van der Waals surface area contributed by atoms with Gasteiger partial charge < -0.3 is 20.1 Å². The lowest BCUT2D eigenvalue weighted by atomic mass is 9.73. The Hall–Kier alpha value is -0.650. The second kappa shape index (κ2) is 47.0. The summed E-state index contributed by atoms with van der Waals surface area (Å²) in [7, 11) is 0. The summed E-state index contributed by atoms with van der Waals surface area (Å²) in [6.07, 6.45) is 51.0. The largest absolute Gasteiger partial charge is 0.459 e. The van der Waals surface area contributed by atoms with Crippen molar-refractivity contribution in [1.82, 2.24) is 0 Å². The van der Waals surface area contributed by atoms with Crippen molar-refractivity contribution in [3.05, 3.63) is 0 Å². The molecule has 338 valence electrons. The zero-order chi connectivity index (χ0) is 41.6. The van der Waals surface area contributed by atoms with Crippen LogP contribution in [0, 0.1) is 5.92 Å². The van der Waals surface area contributed by atoms with Crippen molar-refractivity contribution in [1.29, 1.82) is 0 Å². The molecule has 0 aliphatic carbocycles. The van der Waals surface area contributed by atoms with Crippen LogP contribution in [0.1, 0.15) is 291 Å². The SMILES string of the molecule is CCCCCCCCCCCCCCCC(=O)OC(CCCCCCC)(CCCCCCC)C(CCCCCCC)CCCCCCCCC.OCC(O)CO. The van der Waals surface area contributed by atoms with Gasteiger partial charge in [-0.05, 0) is 50.9 Å². The van der Waals surface area contributed by atoms with Crippen LogP contribution >= 0.6 is 0 Å². The van der Waals surface area contributed by atoms with E-state index in [-0.39, 0.29) is 24.8 Å². The minimum absolute atomic E-state index is 0.130. The molecule has 0 aliphatic heterocycles. The van der Waals surface area contributed by atoms with Gasteiger partial charge in [0.15, 0.2) is 0 Å². The third-order valence-corrected chi connectivity index (χ3v) is 12.2. The Morgan fingerprint density at radius 2 is 0.679 bits per heavy atom. The van der Waals surface area contributed by atoms with Crippen LogP contribution in [-0.2, 0) is 9.53 Å². The van der Waals surface area contributed by atoms with Crippen LogP contribution in [0.5, 0.6) is 0 Å². The molecule has 1 atom stereocenters. The van der Waals surface area contributed by atoms with E-state index in [1.165, 1.54) is 231 Å². The van der Waals surface area contributed by atoms with Crippen LogP contribution in [0.4, 0.5) is 0 Å². The fraction of sp³-hybridized carbons (Fsp3) is 0.980. The van der Waals surface area contributed by atoms with Gasteiger partial charge in [0.05, 0.1) is 13.2 Å². The normalized spacial score (nSPS) is 12.2. The third-order valence-electron chi connectivity index (χ3n) is 12.2. The van der Waals surface area contributed by atoms with Gasteiger partial charge in [-0.3, -0.25) is 4.79 Å². The van der Waals surface area contributed by atoms with E-state index in [4.69, 9.17) is 20.1 Å². The van der Waals surface area contributed by atoms with Crippen molar-refractivity contribution < 1.29 is 24.9 Å². The van der Waals surface area contributed by atoms with Gasteiger partial charge in [0.25, 0.3) is 0 Å². The molecule has 0 aromatic heterocycles. The molecule has 0 spiro atoms. The number of hydrogen-bond donors (Lipinski definition) is 3. The van der Waals surface area contributed by atoms with Crippen molar-refractivity contribution in [2.24, 2.45) is 5.92 Å². The average Bonchev–Trinajstić information content (AvgIpc) is 3.20. The monoisotopic (exact) mass is 797 g/mol. The van der Waals surface area contributed by atoms with E-state index in [0.717, 1.165) is 19.3 Å². The standard InChI is InChI=1S/C48H96O2.C3H8O3/c1-6-11-16-21-23-24-25-26-27-28-30-33-38-43-47(49)50-48(44-39-34-19-14-9-4,45-40-35-20-15-10-5)46(41-36-31-18-13-8-3)42-37-32-29-22-17-12-7-2;4-1-3(6)2-5/h46H,6-45H2,1-5H3;3-6H,1-2H2. The topological polar surface area (TPSA) is 87.0 Å². The van der Waals surface area contributed by atoms with E-state index in [1.54, 1.807) is 0 Å². The predicted octanol–water partition coefficient (Wildman–Crippen LogP) is 15.9. The minimum Gasteiger partial charge on any atom is -0.459 e. The van der Waals surface area contributed by atoms with Crippen LogP contribution in [0.15, 0.2) is 0 Å². The molecule has 0 saturated heterocycles. The Morgan fingerprint density at radius 3 is 0.964 bits per heavy atom. The van der Waals surface area contributed by atoms with Gasteiger partial charge in [0.1, 0.15) is 11.7 Å². The molecule has 3 N–H and O–H groups in total. The minimum atomic E-state index is -0.954. The third kappa shape index (κ3) is 38.8. The molecule has 0 amide bonds. The molecule has 0 bridgehead atoms. The molecule has 5 heteroatoms. The number of esters is 1. The molecule has 0 aromatic rings. The second-order valence-corrected chi connectivity index (χ2v) is 17.7. The highest BCUT2D eigenvalue weighted by Gasteiger charge is 2.40. The average molecular weight is 797 g/mol. The first kappa shape index (κ1) is 57.4. The second-order valence-electron chi connectivity index (χ2n) is 17.7. The summed E-state index contributed by atoms with van der Waals surface area (Å²) in [5.74, 6) is 0.665. The zero-order valence-electron chi connectivity index (χ0n) is 39.0. The molecule has 0 heterocycles. The highest BCUT2D eigenvalue weighted by molar-refractivity contribution is 5.69. The van der Waals surface area contributed by atoms with Crippen molar-refractivity contribution in [2.75, 3.05) is 13.2 Å². The number of ether oxygens (including phenoxy) is 1. The molecular weight excluding hydrogens is 693 g/mol. The maximum Gasteiger partial charge on any atom is 0.306 e. The Kier molecular flexibility index (Phi) is 48.2. The lowest BCUT2D eigenvalue weighted by Crippen LogP contribution is -2.43. The van der Waals surface area contributed by atoms with E-state index in [0.29, 0.717) is 12.3 Å². The molecule has 0 aromatic carbocycles. The Labute approximate surface area is 352 Å². The smallest absolute Gasteiger partial charge is 0.306 e. The highest BCUT2D eigenvalue weighted by atomic mass is 16.6. The van der Waals surface area contributed by atoms with Gasteiger partial charge in [0.2, 0.25) is 0 Å². The van der Waals surface area contributed by atoms with Crippen LogP contribution in [0.2, 0.25) is 0 Å². The Balaban J connectivity index is 0. The fourth-order valence-corrected chi connectivity index (χ4v) is 8.41. The van der Waals surface area contributed by atoms with Crippen LogP contribution in [0.25, 0.3) is 0 Å². The van der Waals surface area contributed by atoms with E-state index >= 15 is 0 Å². The van der Waals surface area contributed by atoms with E-state index < -0.39 is 6.10 Å². The number of unbranched alkanes of at least 4 members (excludes halogenated alkanes) is 30. The van der Waals surface area contributed by atoms with Crippen molar-refractivity contribution in [3.63, 3.8) is 0 Å². The summed E-state index contributed by atoms with van der Waals surface area (Å²) in [4.78, 5) is 13.8. The molecule has 56 heavy (non-hydrogen) atoms. The molecular formula is C51H104O5. The van der Waals surface area contributed by atoms with Crippen LogP contribution in [-0.4, -0.2) is 46.2 Å². The van der Waals surface area contributed by atoms with Gasteiger partial charge in [-0.2, -0.15) is 0 Å². The highest BCUT2D eigenvalue weighted by Crippen LogP contribution is 2.41. The van der Waals surface area contributed by atoms with Gasteiger partial charge in [-0.25, -0.2) is 0 Å². The number of hydrogen-bond acceptors (Lipinski definition) is 5. The molecule has 0 rings (SSSR count). The molecule has 0 aliphatic rings. The van der Waals surface area contributed by atoms with Gasteiger partial charge in [-0.1, -0.05) is 240 Å². The zero-order valence-corrected chi connectivity index (χ0v) is 39.0. The summed E-state index contributed by atoms with van der Waals surface area (Å²) in [5.41, 5.74) is -0.237. The summed E-state index contributed by atoms with van der Waals surface area (Å²) >= 11 is 0. The maximum atomic E-state index is 13.8. The number of aliphatic hydroxyl groups excluding tert-OH is 3. The molecule has 0 radical (unpaired) electrons. The van der Waals surface area contributed by atoms with E-state index in [9.17, 15) is 4.79 Å². The van der Waals surface area contributed by atoms with E-state index in [2.05, 4.69) is 34.6 Å². The lowest BCUT2D eigenvalue weighted by molar-refractivity contribution is -0.171. The quantitative estimate of drug-likeness (QED) is 0.0422. The van der Waals surface area contributed by atoms with E-state index in [1.807, 2.05) is 0 Å². The first-order chi connectivity index (χ1) is 27.4. The number of carbonyl (C=O) groups excluding carboxylic acids is 1. The molecule has 5 nitrogen and oxygen atoms in total. The van der Waals surface area contributed by atoms with Crippen LogP contribution in [0.3, 0.4) is 0 Å². The van der Waals surface area contributed by atoms with Crippen molar-refractivity contribution in [3.8, 4) is 0 Å². The first-order valence-corrected chi connectivity index (χ1v) is 25.5. The Bertz CT molecular complexity index is 724. The summed E-state index contributed by atoms with van der Waals surface area (Å²) < 4.78 is 6.97. The first-order valence-electron chi connectivity index (χ1n) is 25.5. The van der Waals surface area contributed by atoms with Crippen molar-refractivity contribution >= 4 is 5.97 Å². The van der Waals surface area contributed by atoms with Crippen molar-refractivity contribution in [2.45, 2.75) is 303 Å². The van der Waals surface area contributed by atoms with Gasteiger partial charge >= 0.3 is 5.97 Å². The summed E-state index contributed by atoms with van der Waals surface area (Å²) in [6.45, 7) is 10.8. The van der Waals surface area contributed by atoms with Crippen LogP contribution < -0.4 is 0 Å². The Morgan fingerprint density at radius 1 is 0.411 bits per heavy atom. The van der Waals surface area contributed by atoms with Gasteiger partial charge in [-0.15, -0.1) is 0 Å². The number of rotatable bonds is 44.